The van der Waals surface area contributed by atoms with Gasteiger partial charge in [0.05, 0.1) is 19.6 Å². The fourth-order valence-electron chi connectivity index (χ4n) is 3.04. The van der Waals surface area contributed by atoms with Gasteiger partial charge in [-0.15, -0.1) is 0 Å². The number of aromatic nitrogens is 1. The molecule has 0 saturated heterocycles. The van der Waals surface area contributed by atoms with Crippen LogP contribution in [0.5, 0.6) is 23.0 Å². The topological polar surface area (TPSA) is 139 Å². The monoisotopic (exact) mass is 453 g/mol. The highest BCUT2D eigenvalue weighted by atomic mass is 16.5. The summed E-state index contributed by atoms with van der Waals surface area (Å²) in [5, 5.41) is 24.0. The van der Waals surface area contributed by atoms with Gasteiger partial charge in [0.15, 0.2) is 5.69 Å². The molecule has 0 aliphatic heterocycles. The van der Waals surface area contributed by atoms with Gasteiger partial charge in [-0.2, -0.15) is 0 Å². The number of aryl methyl sites for hydroxylation is 1. The van der Waals surface area contributed by atoms with Crippen LogP contribution in [0.25, 0.3) is 0 Å². The van der Waals surface area contributed by atoms with Crippen LogP contribution in [0.1, 0.15) is 18.0 Å². The van der Waals surface area contributed by atoms with Gasteiger partial charge in [-0.05, 0) is 35.9 Å². The zero-order valence-electron chi connectivity index (χ0n) is 17.9. The van der Waals surface area contributed by atoms with Gasteiger partial charge in [-0.3, -0.25) is 9.59 Å². The summed E-state index contributed by atoms with van der Waals surface area (Å²) in [6, 6.07) is 13.1. The number of nitrogens with zero attached hydrogens (tertiary/aromatic N) is 1. The molecular weight excluding hydrogens is 430 g/mol. The maximum atomic E-state index is 12.5. The lowest BCUT2D eigenvalue weighted by Gasteiger charge is -2.18. The van der Waals surface area contributed by atoms with Gasteiger partial charge in [0, 0.05) is 19.3 Å². The molecule has 2 amide bonds. The molecule has 172 valence electrons. The first-order valence-electron chi connectivity index (χ1n) is 9.86. The third-order valence-corrected chi connectivity index (χ3v) is 4.73. The number of amides is 2. The number of carboxylic acid groups (broad SMARTS) is 1. The number of benzene rings is 2. The number of anilines is 1. The van der Waals surface area contributed by atoms with Crippen LogP contribution in [0.15, 0.2) is 65.6 Å². The minimum Gasteiger partial charge on any atom is -0.505 e. The van der Waals surface area contributed by atoms with Crippen LogP contribution in [0.3, 0.4) is 0 Å². The van der Waals surface area contributed by atoms with Crippen molar-refractivity contribution in [2.24, 2.45) is 7.05 Å². The molecule has 1 atom stereocenters. The SMILES string of the molecule is COc1cccc(Oc2ccc([C@H](CC(=O)O)NC(=O)Nc3c(O)ccn(C)c3=O)cc2)c1. The van der Waals surface area contributed by atoms with Crippen molar-refractivity contribution in [1.29, 1.82) is 0 Å². The van der Waals surface area contributed by atoms with Crippen molar-refractivity contribution < 1.29 is 29.3 Å². The Bertz CT molecular complexity index is 1210. The molecule has 4 N–H and O–H groups in total. The summed E-state index contributed by atoms with van der Waals surface area (Å²) in [6.07, 6.45) is 0.950. The van der Waals surface area contributed by atoms with E-state index >= 15 is 0 Å². The van der Waals surface area contributed by atoms with E-state index in [1.165, 1.54) is 23.9 Å². The summed E-state index contributed by atoms with van der Waals surface area (Å²) in [5.74, 6) is 0.173. The second kappa shape index (κ2) is 10.2. The van der Waals surface area contributed by atoms with Crippen molar-refractivity contribution in [2.45, 2.75) is 12.5 Å². The summed E-state index contributed by atoms with van der Waals surface area (Å²) in [7, 11) is 3.02. The molecule has 0 spiro atoms. The molecule has 0 fully saturated rings. The Kier molecular flexibility index (Phi) is 7.19. The minimum absolute atomic E-state index is 0.311. The van der Waals surface area contributed by atoms with Crippen molar-refractivity contribution in [3.05, 3.63) is 76.7 Å². The standard InChI is InChI=1S/C23H23N3O7/c1-26-11-10-19(27)21(22(26)30)25-23(31)24-18(13-20(28)29)14-6-8-15(9-7-14)33-17-5-3-4-16(12-17)32-2/h3-12,18,27H,13H2,1-2H3,(H,28,29)(H2,24,25,31)/t18-/m0/s1. The minimum atomic E-state index is -1.13. The van der Waals surface area contributed by atoms with Crippen LogP contribution in [-0.4, -0.2) is 33.9 Å². The normalized spacial score (nSPS) is 11.3. The first-order valence-corrected chi connectivity index (χ1v) is 9.86. The van der Waals surface area contributed by atoms with Gasteiger partial charge in [0.25, 0.3) is 5.56 Å². The van der Waals surface area contributed by atoms with Crippen LogP contribution in [0.2, 0.25) is 0 Å². The molecule has 3 aromatic rings. The molecule has 1 heterocycles. The van der Waals surface area contributed by atoms with E-state index in [1.807, 2.05) is 0 Å². The molecule has 3 rings (SSSR count). The van der Waals surface area contributed by atoms with E-state index in [-0.39, 0.29) is 5.69 Å². The van der Waals surface area contributed by atoms with E-state index in [0.29, 0.717) is 22.8 Å². The van der Waals surface area contributed by atoms with Gasteiger partial charge in [-0.1, -0.05) is 18.2 Å². The van der Waals surface area contributed by atoms with Crippen LogP contribution >= 0.6 is 0 Å². The molecule has 0 bridgehead atoms. The third-order valence-electron chi connectivity index (χ3n) is 4.73. The molecule has 0 radical (unpaired) electrons. The van der Waals surface area contributed by atoms with Gasteiger partial charge in [-0.25, -0.2) is 4.79 Å². The Morgan fingerprint density at radius 3 is 2.42 bits per heavy atom. The van der Waals surface area contributed by atoms with Gasteiger partial charge in [0.2, 0.25) is 0 Å². The molecule has 33 heavy (non-hydrogen) atoms. The third kappa shape index (κ3) is 6.03. The number of ether oxygens (including phenoxy) is 2. The molecule has 0 saturated carbocycles. The van der Waals surface area contributed by atoms with Crippen LogP contribution < -0.4 is 25.7 Å². The Morgan fingerprint density at radius 1 is 1.06 bits per heavy atom. The zero-order chi connectivity index (χ0) is 24.0. The van der Waals surface area contributed by atoms with E-state index in [9.17, 15) is 24.6 Å². The number of aliphatic carboxylic acids is 1. The van der Waals surface area contributed by atoms with E-state index in [4.69, 9.17) is 9.47 Å². The number of hydrogen-bond acceptors (Lipinski definition) is 6. The molecule has 2 aromatic carbocycles. The molecule has 1 aromatic heterocycles. The average Bonchev–Trinajstić information content (AvgIpc) is 2.79. The van der Waals surface area contributed by atoms with E-state index in [2.05, 4.69) is 10.6 Å². The number of aromatic hydroxyl groups is 1. The number of rotatable bonds is 8. The number of hydrogen-bond donors (Lipinski definition) is 4. The molecule has 0 aliphatic carbocycles. The Morgan fingerprint density at radius 2 is 1.76 bits per heavy atom. The van der Waals surface area contributed by atoms with Gasteiger partial charge < -0.3 is 34.9 Å². The van der Waals surface area contributed by atoms with E-state index in [1.54, 1.807) is 55.6 Å². The zero-order valence-corrected chi connectivity index (χ0v) is 17.9. The first kappa shape index (κ1) is 23.2. The quantitative estimate of drug-likeness (QED) is 0.411. The second-order valence-electron chi connectivity index (χ2n) is 7.09. The molecule has 0 aliphatic rings. The van der Waals surface area contributed by atoms with Crippen molar-refractivity contribution in [2.75, 3.05) is 12.4 Å². The number of pyridine rings is 1. The van der Waals surface area contributed by atoms with Crippen molar-refractivity contribution in [1.82, 2.24) is 9.88 Å². The number of nitrogens with one attached hydrogen (secondary N) is 2. The number of methoxy groups -OCH3 is 1. The van der Waals surface area contributed by atoms with Crippen molar-refractivity contribution >= 4 is 17.7 Å². The summed E-state index contributed by atoms with van der Waals surface area (Å²) >= 11 is 0. The summed E-state index contributed by atoms with van der Waals surface area (Å²) in [6.45, 7) is 0. The van der Waals surface area contributed by atoms with Gasteiger partial charge >= 0.3 is 12.0 Å². The molecule has 10 heteroatoms. The lowest BCUT2D eigenvalue weighted by molar-refractivity contribution is -0.137. The van der Waals surface area contributed by atoms with Crippen LogP contribution in [0, 0.1) is 0 Å². The maximum absolute atomic E-state index is 12.5. The number of carboxylic acids is 1. The predicted octanol–water partition coefficient (Wildman–Crippen LogP) is 3.23. The van der Waals surface area contributed by atoms with Crippen molar-refractivity contribution in [3.8, 4) is 23.0 Å². The Hall–Kier alpha value is -4.47. The molecule has 10 nitrogen and oxygen atoms in total. The largest absolute Gasteiger partial charge is 0.505 e. The van der Waals surface area contributed by atoms with Crippen LogP contribution in [0.4, 0.5) is 10.5 Å². The lowest BCUT2D eigenvalue weighted by Crippen LogP contribution is -2.35. The maximum Gasteiger partial charge on any atom is 0.319 e. The summed E-state index contributed by atoms with van der Waals surface area (Å²) in [5.41, 5.74) is -0.414. The first-order chi connectivity index (χ1) is 15.8. The lowest BCUT2D eigenvalue weighted by atomic mass is 10.0. The molecular formula is C23H23N3O7. The second-order valence-corrected chi connectivity index (χ2v) is 7.09. The number of carbonyl (C=O) groups is 2. The van der Waals surface area contributed by atoms with E-state index in [0.717, 1.165) is 0 Å². The highest BCUT2D eigenvalue weighted by Crippen LogP contribution is 2.27. The smallest absolute Gasteiger partial charge is 0.319 e. The Labute approximate surface area is 189 Å². The summed E-state index contributed by atoms with van der Waals surface area (Å²) in [4.78, 5) is 35.9. The van der Waals surface area contributed by atoms with Crippen molar-refractivity contribution in [3.63, 3.8) is 0 Å². The predicted molar refractivity (Wildman–Crippen MR) is 120 cm³/mol. The Balaban J connectivity index is 1.74. The van der Waals surface area contributed by atoms with Gasteiger partial charge in [0.1, 0.15) is 23.0 Å². The highest BCUT2D eigenvalue weighted by molar-refractivity contribution is 5.91. The van der Waals surface area contributed by atoms with E-state index < -0.39 is 35.8 Å². The average molecular weight is 453 g/mol. The van der Waals surface area contributed by atoms with Crippen LogP contribution in [-0.2, 0) is 11.8 Å². The fourth-order valence-corrected chi connectivity index (χ4v) is 3.04. The fraction of sp³-hybridized carbons (Fsp3) is 0.174. The number of urea groups is 1. The summed E-state index contributed by atoms with van der Waals surface area (Å²) < 4.78 is 12.1. The molecule has 0 unspecified atom stereocenters. The highest BCUT2D eigenvalue weighted by Gasteiger charge is 2.20. The number of carbonyl (C=O) groups excluding carboxylic acids is 1.